The van der Waals surface area contributed by atoms with E-state index in [-0.39, 0.29) is 5.75 Å². The van der Waals surface area contributed by atoms with Crippen molar-refractivity contribution in [3.63, 3.8) is 0 Å². The van der Waals surface area contributed by atoms with Gasteiger partial charge in [-0.25, -0.2) is 8.42 Å². The first-order valence-corrected chi connectivity index (χ1v) is 7.68. The van der Waals surface area contributed by atoms with Gasteiger partial charge in [-0.1, -0.05) is 46.6 Å². The smallest absolute Gasteiger partial charge is 0.165 e. The number of hydrogen-bond acceptors (Lipinski definition) is 3. The fourth-order valence-electron chi connectivity index (χ4n) is 1.20. The van der Waals surface area contributed by atoms with E-state index < -0.39 is 20.1 Å². The minimum atomic E-state index is -3.33. The van der Waals surface area contributed by atoms with E-state index in [0.717, 1.165) is 0 Å². The number of benzene rings is 1. The number of aliphatic hydroxyl groups is 1. The van der Waals surface area contributed by atoms with Crippen LogP contribution in [0.15, 0.2) is 24.3 Å². The number of aliphatic hydroxyl groups excluding tert-OH is 1. The van der Waals surface area contributed by atoms with Crippen LogP contribution in [-0.2, 0) is 9.84 Å². The summed E-state index contributed by atoms with van der Waals surface area (Å²) in [5.74, 6) is -0.0272. The molecule has 0 spiro atoms. The molecular weight excluding hydrogens is 316 g/mol. The Morgan fingerprint density at radius 3 is 2.62 bits per heavy atom. The highest BCUT2D eigenvalue weighted by molar-refractivity contribution is 9.11. The highest BCUT2D eigenvalue weighted by atomic mass is 79.9. The summed E-state index contributed by atoms with van der Waals surface area (Å²) < 4.78 is 22.1. The molecule has 0 saturated heterocycles. The van der Waals surface area contributed by atoms with Crippen molar-refractivity contribution in [1.82, 2.24) is 0 Å². The van der Waals surface area contributed by atoms with Crippen molar-refractivity contribution >= 4 is 37.4 Å². The van der Waals surface area contributed by atoms with Crippen LogP contribution in [0.25, 0.3) is 0 Å². The molecule has 1 rings (SSSR count). The molecule has 90 valence electrons. The number of hydrogen-bond donors (Lipinski definition) is 1. The van der Waals surface area contributed by atoms with Crippen LogP contribution < -0.4 is 0 Å². The van der Waals surface area contributed by atoms with Crippen molar-refractivity contribution in [2.24, 2.45) is 0 Å². The number of halogens is 2. The maximum Gasteiger partial charge on any atom is 0.165 e. The first-order valence-electron chi connectivity index (χ1n) is 4.67. The average molecular weight is 328 g/mol. The Labute approximate surface area is 108 Å². The molecule has 0 aliphatic carbocycles. The molecule has 0 aliphatic heterocycles. The van der Waals surface area contributed by atoms with Gasteiger partial charge in [-0.05, 0) is 17.7 Å². The zero-order valence-electron chi connectivity index (χ0n) is 8.60. The summed E-state index contributed by atoms with van der Waals surface area (Å²) in [6, 6.07) is 6.51. The molecule has 0 amide bonds. The van der Waals surface area contributed by atoms with Crippen LogP contribution in [-0.4, -0.2) is 23.4 Å². The van der Waals surface area contributed by atoms with Crippen molar-refractivity contribution in [3.8, 4) is 0 Å². The Morgan fingerprint density at radius 1 is 1.50 bits per heavy atom. The van der Waals surface area contributed by atoms with Gasteiger partial charge in [0.15, 0.2) is 9.84 Å². The van der Waals surface area contributed by atoms with Crippen LogP contribution >= 0.6 is 27.5 Å². The lowest BCUT2D eigenvalue weighted by molar-refractivity contribution is 0.195. The van der Waals surface area contributed by atoms with Crippen LogP contribution in [0, 0.1) is 0 Å². The van der Waals surface area contributed by atoms with E-state index >= 15 is 0 Å². The molecule has 16 heavy (non-hydrogen) atoms. The number of rotatable bonds is 4. The fourth-order valence-corrected chi connectivity index (χ4v) is 3.36. The second kappa shape index (κ2) is 5.49. The molecule has 0 aliphatic rings. The van der Waals surface area contributed by atoms with Gasteiger partial charge in [-0.15, -0.1) is 0 Å². The minimum absolute atomic E-state index is 0.0272. The minimum Gasteiger partial charge on any atom is -0.386 e. The molecule has 0 unspecified atom stereocenters. The second-order valence-electron chi connectivity index (χ2n) is 3.30. The summed E-state index contributed by atoms with van der Waals surface area (Å²) in [5.41, 5.74) is 0.478. The molecule has 0 heterocycles. The van der Waals surface area contributed by atoms with Gasteiger partial charge < -0.3 is 5.11 Å². The van der Waals surface area contributed by atoms with E-state index in [1.807, 2.05) is 0 Å². The Bertz CT molecular complexity index is 461. The van der Waals surface area contributed by atoms with Crippen LogP contribution in [0.2, 0.25) is 5.02 Å². The quantitative estimate of drug-likeness (QED) is 0.865. The fraction of sp³-hybridized carbons (Fsp3) is 0.400. The summed E-state index contributed by atoms with van der Waals surface area (Å²) in [4.78, 5) is 0. The summed E-state index contributed by atoms with van der Waals surface area (Å²) in [7, 11) is -3.33. The van der Waals surface area contributed by atoms with Crippen molar-refractivity contribution < 1.29 is 13.5 Å². The molecule has 0 aromatic heterocycles. The molecule has 0 fully saturated rings. The number of sulfone groups is 1. The summed E-state index contributed by atoms with van der Waals surface area (Å²) in [6.45, 7) is 1.54. The Hall–Kier alpha value is -0.100. The van der Waals surface area contributed by atoms with E-state index in [9.17, 15) is 13.5 Å². The molecule has 0 bridgehead atoms. The lowest BCUT2D eigenvalue weighted by Gasteiger charge is -2.17. The monoisotopic (exact) mass is 326 g/mol. The number of alkyl halides is 1. The van der Waals surface area contributed by atoms with Crippen LogP contribution in [0.4, 0.5) is 0 Å². The summed E-state index contributed by atoms with van der Waals surface area (Å²) in [5, 5.41) is 10.4. The maximum absolute atomic E-state index is 11.6. The molecule has 2 atom stereocenters. The van der Waals surface area contributed by atoms with Crippen molar-refractivity contribution in [2.75, 3.05) is 5.75 Å². The Kier molecular flexibility index (Phi) is 4.79. The summed E-state index contributed by atoms with van der Waals surface area (Å²) >= 11 is 8.77. The topological polar surface area (TPSA) is 54.4 Å². The molecular formula is C10H12BrClO3S. The van der Waals surface area contributed by atoms with E-state index in [1.165, 1.54) is 6.92 Å². The molecule has 0 saturated carbocycles. The van der Waals surface area contributed by atoms with Gasteiger partial charge in [0.1, 0.15) is 10.3 Å². The van der Waals surface area contributed by atoms with Gasteiger partial charge in [0.2, 0.25) is 0 Å². The molecule has 6 heteroatoms. The zero-order valence-corrected chi connectivity index (χ0v) is 11.8. The lowest BCUT2D eigenvalue weighted by atomic mass is 10.1. The third-order valence-corrected chi connectivity index (χ3v) is 6.38. The first-order chi connectivity index (χ1) is 7.38. The molecule has 3 nitrogen and oxygen atoms in total. The molecule has 0 radical (unpaired) electrons. The van der Waals surface area contributed by atoms with Gasteiger partial charge >= 0.3 is 0 Å². The standard InChI is InChI=1S/C10H12BrClO3S/c1-2-16(14,15)10(11)9(13)7-4-3-5-8(12)6-7/h3-6,9-10,13H,2H2,1H3/t9-,10+/m1/s1. The average Bonchev–Trinajstić information content (AvgIpc) is 2.27. The van der Waals surface area contributed by atoms with E-state index in [1.54, 1.807) is 24.3 Å². The molecule has 1 N–H and O–H groups in total. The first kappa shape index (κ1) is 14.0. The maximum atomic E-state index is 11.6. The predicted octanol–water partition coefficient (Wildman–Crippen LogP) is 2.53. The third-order valence-electron chi connectivity index (χ3n) is 2.18. The molecule has 1 aromatic rings. The van der Waals surface area contributed by atoms with Gasteiger partial charge in [0.25, 0.3) is 0 Å². The van der Waals surface area contributed by atoms with Crippen LogP contribution in [0.3, 0.4) is 0 Å². The third kappa shape index (κ3) is 3.20. The van der Waals surface area contributed by atoms with Gasteiger partial charge in [0, 0.05) is 10.8 Å². The van der Waals surface area contributed by atoms with Gasteiger partial charge in [-0.2, -0.15) is 0 Å². The zero-order chi connectivity index (χ0) is 12.3. The Morgan fingerprint density at radius 2 is 2.12 bits per heavy atom. The normalized spacial score (nSPS) is 15.8. The largest absolute Gasteiger partial charge is 0.386 e. The highest BCUT2D eigenvalue weighted by Gasteiger charge is 2.29. The van der Waals surface area contributed by atoms with Gasteiger partial charge in [-0.3, -0.25) is 0 Å². The Balaban J connectivity index is 2.99. The summed E-state index contributed by atoms with van der Waals surface area (Å²) in [6.07, 6.45) is -1.12. The van der Waals surface area contributed by atoms with Crippen molar-refractivity contribution in [1.29, 1.82) is 0 Å². The highest BCUT2D eigenvalue weighted by Crippen LogP contribution is 2.28. The van der Waals surface area contributed by atoms with Crippen LogP contribution in [0.5, 0.6) is 0 Å². The van der Waals surface area contributed by atoms with Crippen molar-refractivity contribution in [3.05, 3.63) is 34.9 Å². The van der Waals surface area contributed by atoms with E-state index in [4.69, 9.17) is 11.6 Å². The molecule has 1 aromatic carbocycles. The van der Waals surface area contributed by atoms with E-state index in [2.05, 4.69) is 15.9 Å². The predicted molar refractivity (Wildman–Crippen MR) is 68.6 cm³/mol. The van der Waals surface area contributed by atoms with Crippen LogP contribution in [0.1, 0.15) is 18.6 Å². The lowest BCUT2D eigenvalue weighted by Crippen LogP contribution is -2.24. The SMILES string of the molecule is CCS(=O)(=O)[C@H](Br)[C@H](O)c1cccc(Cl)c1. The van der Waals surface area contributed by atoms with Crippen molar-refractivity contribution in [2.45, 2.75) is 17.2 Å². The van der Waals surface area contributed by atoms with Gasteiger partial charge in [0.05, 0.1) is 0 Å². The van der Waals surface area contributed by atoms with E-state index in [0.29, 0.717) is 10.6 Å². The second-order valence-corrected chi connectivity index (χ2v) is 7.74.